The molecule has 1 aromatic carbocycles. The van der Waals surface area contributed by atoms with Crippen LogP contribution in [0.4, 0.5) is 11.6 Å². The molecule has 6 nitrogen and oxygen atoms in total. The van der Waals surface area contributed by atoms with Gasteiger partial charge in [-0.3, -0.25) is 4.79 Å². The molecule has 0 atom stereocenters. The fraction of sp³-hybridized carbons (Fsp3) is 0.389. The first-order chi connectivity index (χ1) is 11.6. The number of nitrogens with zero attached hydrogens (tertiary/aromatic N) is 2. The maximum Gasteiger partial charge on any atom is 0.274 e. The number of benzene rings is 1. The van der Waals surface area contributed by atoms with E-state index in [1.807, 2.05) is 24.3 Å². The van der Waals surface area contributed by atoms with Gasteiger partial charge in [0.15, 0.2) is 0 Å². The molecule has 0 aliphatic carbocycles. The van der Waals surface area contributed by atoms with E-state index in [1.165, 1.54) is 5.56 Å². The molecule has 24 heavy (non-hydrogen) atoms. The van der Waals surface area contributed by atoms with Crippen molar-refractivity contribution < 1.29 is 9.53 Å². The molecule has 0 saturated heterocycles. The zero-order valence-corrected chi connectivity index (χ0v) is 14.4. The van der Waals surface area contributed by atoms with E-state index in [9.17, 15) is 4.79 Å². The minimum absolute atomic E-state index is 0.255. The summed E-state index contributed by atoms with van der Waals surface area (Å²) in [5, 5.41) is 5.93. The van der Waals surface area contributed by atoms with Crippen LogP contribution in [0.2, 0.25) is 0 Å². The van der Waals surface area contributed by atoms with E-state index in [4.69, 9.17) is 4.74 Å². The Morgan fingerprint density at radius 2 is 1.96 bits per heavy atom. The maximum atomic E-state index is 12.3. The Bertz CT molecular complexity index is 656. The molecule has 0 saturated carbocycles. The van der Waals surface area contributed by atoms with E-state index in [1.54, 1.807) is 19.4 Å². The van der Waals surface area contributed by atoms with Crippen molar-refractivity contribution in [2.75, 3.05) is 30.9 Å². The number of carbonyl (C=O) groups is 1. The van der Waals surface area contributed by atoms with Gasteiger partial charge in [0.1, 0.15) is 5.69 Å². The number of rotatable bonds is 8. The highest BCUT2D eigenvalue weighted by Crippen LogP contribution is 2.17. The van der Waals surface area contributed by atoms with E-state index >= 15 is 0 Å². The van der Waals surface area contributed by atoms with Gasteiger partial charge in [0.25, 0.3) is 5.91 Å². The minimum atomic E-state index is -0.255. The Kier molecular flexibility index (Phi) is 6.69. The summed E-state index contributed by atoms with van der Waals surface area (Å²) in [6.45, 7) is 5.63. The lowest BCUT2D eigenvalue weighted by Gasteiger charge is -2.09. The summed E-state index contributed by atoms with van der Waals surface area (Å²) in [6, 6.07) is 9.43. The van der Waals surface area contributed by atoms with E-state index in [0.29, 0.717) is 30.7 Å². The van der Waals surface area contributed by atoms with Crippen molar-refractivity contribution in [3.63, 3.8) is 0 Å². The molecule has 0 radical (unpaired) electrons. The van der Waals surface area contributed by atoms with Crippen molar-refractivity contribution >= 4 is 17.5 Å². The molecular formula is C18H24N4O2. The van der Waals surface area contributed by atoms with Crippen LogP contribution in [0.15, 0.2) is 36.5 Å². The van der Waals surface area contributed by atoms with Crippen molar-refractivity contribution in [3.05, 3.63) is 47.8 Å². The summed E-state index contributed by atoms with van der Waals surface area (Å²) in [5.74, 6) is 0.645. The smallest absolute Gasteiger partial charge is 0.274 e. The fourth-order valence-corrected chi connectivity index (χ4v) is 2.13. The second kappa shape index (κ2) is 8.98. The number of hydrogen-bond donors (Lipinski definition) is 2. The van der Waals surface area contributed by atoms with Crippen LogP contribution in [0.1, 0.15) is 42.2 Å². The predicted octanol–water partition coefficient (Wildman–Crippen LogP) is 3.30. The zero-order chi connectivity index (χ0) is 17.4. The molecule has 2 rings (SSSR count). The summed E-state index contributed by atoms with van der Waals surface area (Å²) in [5.41, 5.74) is 2.31. The molecule has 0 aliphatic rings. The molecule has 1 heterocycles. The normalized spacial score (nSPS) is 10.7. The average Bonchev–Trinajstić information content (AvgIpc) is 2.59. The molecule has 0 fully saturated rings. The Labute approximate surface area is 142 Å². The van der Waals surface area contributed by atoms with Gasteiger partial charge in [0.2, 0.25) is 5.95 Å². The molecule has 2 aromatic rings. The Morgan fingerprint density at radius 1 is 1.21 bits per heavy atom. The van der Waals surface area contributed by atoms with Crippen molar-refractivity contribution in [1.29, 1.82) is 0 Å². The highest BCUT2D eigenvalue weighted by Gasteiger charge is 2.09. The van der Waals surface area contributed by atoms with Gasteiger partial charge in [-0.05, 0) is 36.1 Å². The second-order valence-corrected chi connectivity index (χ2v) is 5.77. The van der Waals surface area contributed by atoms with Gasteiger partial charge >= 0.3 is 0 Å². The van der Waals surface area contributed by atoms with Gasteiger partial charge in [-0.25, -0.2) is 9.97 Å². The third-order valence-corrected chi connectivity index (χ3v) is 3.53. The van der Waals surface area contributed by atoms with E-state index in [0.717, 1.165) is 12.1 Å². The summed E-state index contributed by atoms with van der Waals surface area (Å²) in [7, 11) is 1.66. The first-order valence-electron chi connectivity index (χ1n) is 8.07. The van der Waals surface area contributed by atoms with Gasteiger partial charge in [0.05, 0.1) is 0 Å². The van der Waals surface area contributed by atoms with Gasteiger partial charge < -0.3 is 15.4 Å². The zero-order valence-electron chi connectivity index (χ0n) is 14.4. The third-order valence-electron chi connectivity index (χ3n) is 3.53. The Hall–Kier alpha value is -2.47. The lowest BCUT2D eigenvalue weighted by Crippen LogP contribution is -2.16. The fourth-order valence-electron chi connectivity index (χ4n) is 2.13. The molecule has 6 heteroatoms. The summed E-state index contributed by atoms with van der Waals surface area (Å²) in [4.78, 5) is 20.7. The molecular weight excluding hydrogens is 304 g/mol. The monoisotopic (exact) mass is 328 g/mol. The number of nitrogens with one attached hydrogen (secondary N) is 2. The molecule has 1 aromatic heterocycles. The number of hydrogen-bond acceptors (Lipinski definition) is 5. The number of carbonyl (C=O) groups excluding carboxylic acids is 1. The van der Waals surface area contributed by atoms with Crippen molar-refractivity contribution in [1.82, 2.24) is 9.97 Å². The van der Waals surface area contributed by atoms with Gasteiger partial charge in [-0.15, -0.1) is 0 Å². The lowest BCUT2D eigenvalue weighted by atomic mass is 10.0. The van der Waals surface area contributed by atoms with Crippen LogP contribution < -0.4 is 10.6 Å². The topological polar surface area (TPSA) is 76.1 Å². The standard InChI is InChI=1S/C18H24N4O2/c1-13(2)14-5-7-15(8-6-14)21-17(23)16-9-11-20-18(22-16)19-10-4-12-24-3/h5-9,11,13H,4,10,12H2,1-3H3,(H,21,23)(H,19,20,22). The molecule has 1 amide bonds. The van der Waals surface area contributed by atoms with E-state index in [-0.39, 0.29) is 5.91 Å². The predicted molar refractivity (Wildman–Crippen MR) is 95.5 cm³/mol. The summed E-state index contributed by atoms with van der Waals surface area (Å²) < 4.78 is 4.99. The first kappa shape index (κ1) is 17.9. The molecule has 0 bridgehead atoms. The Balaban J connectivity index is 1.96. The number of aromatic nitrogens is 2. The maximum absolute atomic E-state index is 12.3. The lowest BCUT2D eigenvalue weighted by molar-refractivity contribution is 0.102. The van der Waals surface area contributed by atoms with Crippen LogP contribution in [0, 0.1) is 0 Å². The minimum Gasteiger partial charge on any atom is -0.385 e. The molecule has 0 spiro atoms. The molecule has 0 aliphatic heterocycles. The molecule has 2 N–H and O–H groups in total. The number of amides is 1. The van der Waals surface area contributed by atoms with Crippen LogP contribution in [0.25, 0.3) is 0 Å². The van der Waals surface area contributed by atoms with Gasteiger partial charge in [-0.2, -0.15) is 0 Å². The van der Waals surface area contributed by atoms with Crippen LogP contribution in [-0.2, 0) is 4.74 Å². The van der Waals surface area contributed by atoms with Gasteiger partial charge in [-0.1, -0.05) is 26.0 Å². The Morgan fingerprint density at radius 3 is 2.62 bits per heavy atom. The van der Waals surface area contributed by atoms with Crippen molar-refractivity contribution in [3.8, 4) is 0 Å². The van der Waals surface area contributed by atoms with Crippen molar-refractivity contribution in [2.45, 2.75) is 26.2 Å². The first-order valence-corrected chi connectivity index (χ1v) is 8.07. The molecule has 128 valence electrons. The number of methoxy groups -OCH3 is 1. The molecule has 0 unspecified atom stereocenters. The number of anilines is 2. The highest BCUT2D eigenvalue weighted by molar-refractivity contribution is 6.02. The highest BCUT2D eigenvalue weighted by atomic mass is 16.5. The van der Waals surface area contributed by atoms with E-state index in [2.05, 4.69) is 34.4 Å². The SMILES string of the molecule is COCCCNc1nccc(C(=O)Nc2ccc(C(C)C)cc2)n1. The van der Waals surface area contributed by atoms with Crippen LogP contribution in [0.3, 0.4) is 0 Å². The largest absolute Gasteiger partial charge is 0.385 e. The van der Waals surface area contributed by atoms with Crippen LogP contribution in [0.5, 0.6) is 0 Å². The third kappa shape index (κ3) is 5.31. The number of ether oxygens (including phenoxy) is 1. The summed E-state index contributed by atoms with van der Waals surface area (Å²) >= 11 is 0. The summed E-state index contributed by atoms with van der Waals surface area (Å²) in [6.07, 6.45) is 2.42. The van der Waals surface area contributed by atoms with Crippen molar-refractivity contribution in [2.24, 2.45) is 0 Å². The average molecular weight is 328 g/mol. The van der Waals surface area contributed by atoms with Crippen LogP contribution in [-0.4, -0.2) is 36.1 Å². The van der Waals surface area contributed by atoms with Crippen LogP contribution >= 0.6 is 0 Å². The van der Waals surface area contributed by atoms with E-state index < -0.39 is 0 Å². The van der Waals surface area contributed by atoms with Gasteiger partial charge in [0, 0.05) is 32.1 Å². The quantitative estimate of drug-likeness (QED) is 0.727. The second-order valence-electron chi connectivity index (χ2n) is 5.77.